The third-order valence-corrected chi connectivity index (χ3v) is 3.39. The standard InChI is InChI=1S/C15H14F3N3O/c1-10(13-7-8-19-9-20-13)21(2)14(22)11-3-5-12(6-4-11)15(16,17)18/h3-10H,1-2H3/t10-/m1/s1. The first-order valence-electron chi connectivity index (χ1n) is 6.51. The van der Waals surface area contributed by atoms with Crippen LogP contribution in [0, 0.1) is 0 Å². The molecule has 0 N–H and O–H groups in total. The minimum absolute atomic E-state index is 0.191. The largest absolute Gasteiger partial charge is 0.416 e. The lowest BCUT2D eigenvalue weighted by Crippen LogP contribution is -2.30. The smallest absolute Gasteiger partial charge is 0.333 e. The Morgan fingerprint density at radius 2 is 1.82 bits per heavy atom. The molecule has 1 amide bonds. The summed E-state index contributed by atoms with van der Waals surface area (Å²) in [6.07, 6.45) is -1.47. The molecule has 0 saturated carbocycles. The van der Waals surface area contributed by atoms with Crippen LogP contribution >= 0.6 is 0 Å². The summed E-state index contributed by atoms with van der Waals surface area (Å²) in [6, 6.07) is 5.51. The van der Waals surface area contributed by atoms with E-state index in [0.717, 1.165) is 12.1 Å². The van der Waals surface area contributed by atoms with Crippen LogP contribution in [0.4, 0.5) is 13.2 Å². The quantitative estimate of drug-likeness (QED) is 0.873. The summed E-state index contributed by atoms with van der Waals surface area (Å²) in [6.45, 7) is 1.78. The highest BCUT2D eigenvalue weighted by molar-refractivity contribution is 5.94. The second kappa shape index (κ2) is 6.13. The first-order chi connectivity index (χ1) is 10.3. The van der Waals surface area contributed by atoms with E-state index in [1.807, 2.05) is 0 Å². The van der Waals surface area contributed by atoms with Gasteiger partial charge in [0.2, 0.25) is 0 Å². The molecule has 7 heteroatoms. The maximum atomic E-state index is 12.5. The average Bonchev–Trinajstić information content (AvgIpc) is 2.53. The van der Waals surface area contributed by atoms with Crippen LogP contribution in [0.15, 0.2) is 42.9 Å². The summed E-state index contributed by atoms with van der Waals surface area (Å²) in [5.74, 6) is -0.375. The van der Waals surface area contributed by atoms with Gasteiger partial charge in [-0.15, -0.1) is 0 Å². The van der Waals surface area contributed by atoms with Crippen molar-refractivity contribution >= 4 is 5.91 Å². The van der Waals surface area contributed by atoms with E-state index in [0.29, 0.717) is 5.69 Å². The number of halogens is 3. The SMILES string of the molecule is C[C@H](c1ccncn1)N(C)C(=O)c1ccc(C(F)(F)F)cc1. The van der Waals surface area contributed by atoms with Gasteiger partial charge in [0.15, 0.2) is 0 Å². The van der Waals surface area contributed by atoms with E-state index in [1.54, 1.807) is 26.2 Å². The van der Waals surface area contributed by atoms with Crippen molar-refractivity contribution in [2.24, 2.45) is 0 Å². The van der Waals surface area contributed by atoms with Crippen molar-refractivity contribution in [1.82, 2.24) is 14.9 Å². The van der Waals surface area contributed by atoms with Gasteiger partial charge < -0.3 is 4.90 Å². The minimum Gasteiger partial charge on any atom is -0.333 e. The van der Waals surface area contributed by atoms with E-state index in [9.17, 15) is 18.0 Å². The molecule has 2 aromatic rings. The topological polar surface area (TPSA) is 46.1 Å². The first kappa shape index (κ1) is 15.9. The van der Waals surface area contributed by atoms with Crippen molar-refractivity contribution < 1.29 is 18.0 Å². The fourth-order valence-electron chi connectivity index (χ4n) is 1.93. The van der Waals surface area contributed by atoms with E-state index >= 15 is 0 Å². The molecule has 116 valence electrons. The zero-order valence-corrected chi connectivity index (χ0v) is 12.0. The molecule has 0 spiro atoms. The van der Waals surface area contributed by atoms with Gasteiger partial charge in [-0.05, 0) is 37.3 Å². The van der Waals surface area contributed by atoms with Crippen molar-refractivity contribution in [2.45, 2.75) is 19.1 Å². The van der Waals surface area contributed by atoms with Crippen molar-refractivity contribution in [2.75, 3.05) is 7.05 Å². The molecule has 0 unspecified atom stereocenters. The van der Waals surface area contributed by atoms with Crippen LogP contribution in [-0.4, -0.2) is 27.8 Å². The molecule has 0 fully saturated rings. The maximum Gasteiger partial charge on any atom is 0.416 e. The second-order valence-corrected chi connectivity index (χ2v) is 4.80. The van der Waals surface area contributed by atoms with Gasteiger partial charge in [0.1, 0.15) is 6.33 Å². The van der Waals surface area contributed by atoms with Crippen LogP contribution in [-0.2, 0) is 6.18 Å². The van der Waals surface area contributed by atoms with Crippen LogP contribution in [0.25, 0.3) is 0 Å². The Hall–Kier alpha value is -2.44. The third kappa shape index (κ3) is 3.41. The summed E-state index contributed by atoms with van der Waals surface area (Å²) in [4.78, 5) is 21.6. The Morgan fingerprint density at radius 1 is 1.18 bits per heavy atom. The van der Waals surface area contributed by atoms with Crippen molar-refractivity contribution in [3.8, 4) is 0 Å². The van der Waals surface area contributed by atoms with Crippen LogP contribution < -0.4 is 0 Å². The van der Waals surface area contributed by atoms with Gasteiger partial charge in [-0.3, -0.25) is 4.79 Å². The number of nitrogens with zero attached hydrogens (tertiary/aromatic N) is 3. The lowest BCUT2D eigenvalue weighted by molar-refractivity contribution is -0.137. The Kier molecular flexibility index (Phi) is 4.44. The van der Waals surface area contributed by atoms with Crippen molar-refractivity contribution in [1.29, 1.82) is 0 Å². The zero-order chi connectivity index (χ0) is 16.3. The Labute approximate surface area is 125 Å². The highest BCUT2D eigenvalue weighted by atomic mass is 19.4. The van der Waals surface area contributed by atoms with E-state index in [2.05, 4.69) is 9.97 Å². The summed E-state index contributed by atoms with van der Waals surface area (Å²) >= 11 is 0. The van der Waals surface area contributed by atoms with Crippen molar-refractivity contribution in [3.05, 3.63) is 59.7 Å². The second-order valence-electron chi connectivity index (χ2n) is 4.80. The van der Waals surface area contributed by atoms with Crippen LogP contribution in [0.5, 0.6) is 0 Å². The molecule has 0 radical (unpaired) electrons. The number of aromatic nitrogens is 2. The van der Waals surface area contributed by atoms with E-state index in [-0.39, 0.29) is 17.5 Å². The fraction of sp³-hybridized carbons (Fsp3) is 0.267. The normalized spacial score (nSPS) is 12.8. The molecule has 1 atom stereocenters. The molecule has 0 aliphatic heterocycles. The van der Waals surface area contributed by atoms with Crippen LogP contribution in [0.1, 0.15) is 34.6 Å². The lowest BCUT2D eigenvalue weighted by Gasteiger charge is -2.24. The van der Waals surface area contributed by atoms with Gasteiger partial charge in [-0.2, -0.15) is 13.2 Å². The van der Waals surface area contributed by atoms with E-state index in [1.165, 1.54) is 23.4 Å². The lowest BCUT2D eigenvalue weighted by atomic mass is 10.1. The first-order valence-corrected chi connectivity index (χ1v) is 6.51. The fourth-order valence-corrected chi connectivity index (χ4v) is 1.93. The zero-order valence-electron chi connectivity index (χ0n) is 12.0. The maximum absolute atomic E-state index is 12.5. The highest BCUT2D eigenvalue weighted by Crippen LogP contribution is 2.29. The van der Waals surface area contributed by atoms with Crippen molar-refractivity contribution in [3.63, 3.8) is 0 Å². The number of carbonyl (C=O) groups is 1. The molecule has 22 heavy (non-hydrogen) atoms. The van der Waals surface area contributed by atoms with Gasteiger partial charge in [0.05, 0.1) is 17.3 Å². The highest BCUT2D eigenvalue weighted by Gasteiger charge is 2.30. The summed E-state index contributed by atoms with van der Waals surface area (Å²) < 4.78 is 37.6. The van der Waals surface area contributed by atoms with Gasteiger partial charge in [-0.1, -0.05) is 0 Å². The molecule has 0 aliphatic carbocycles. The van der Waals surface area contributed by atoms with E-state index in [4.69, 9.17) is 0 Å². The number of carbonyl (C=O) groups excluding carboxylic acids is 1. The molecule has 4 nitrogen and oxygen atoms in total. The molecule has 0 bridgehead atoms. The number of alkyl halides is 3. The Bertz CT molecular complexity index is 641. The van der Waals surface area contributed by atoms with Gasteiger partial charge in [0, 0.05) is 18.8 Å². The molecule has 0 saturated heterocycles. The molecular weight excluding hydrogens is 295 g/mol. The Morgan fingerprint density at radius 3 is 2.32 bits per heavy atom. The van der Waals surface area contributed by atoms with Crippen LogP contribution in [0.2, 0.25) is 0 Å². The van der Waals surface area contributed by atoms with E-state index < -0.39 is 11.7 Å². The molecule has 1 aromatic carbocycles. The number of amides is 1. The minimum atomic E-state index is -4.41. The van der Waals surface area contributed by atoms with Gasteiger partial charge in [0.25, 0.3) is 5.91 Å². The molecule has 2 rings (SSSR count). The number of rotatable bonds is 3. The summed E-state index contributed by atoms with van der Waals surface area (Å²) in [5, 5.41) is 0. The third-order valence-electron chi connectivity index (χ3n) is 3.39. The average molecular weight is 309 g/mol. The predicted octanol–water partition coefficient (Wildman–Crippen LogP) is 3.33. The van der Waals surface area contributed by atoms with Crippen LogP contribution in [0.3, 0.4) is 0 Å². The molecule has 1 aromatic heterocycles. The van der Waals surface area contributed by atoms with Gasteiger partial charge >= 0.3 is 6.18 Å². The van der Waals surface area contributed by atoms with Gasteiger partial charge in [-0.25, -0.2) is 9.97 Å². The predicted molar refractivity (Wildman–Crippen MR) is 74.0 cm³/mol. The molecule has 1 heterocycles. The monoisotopic (exact) mass is 309 g/mol. The number of hydrogen-bond donors (Lipinski definition) is 0. The summed E-state index contributed by atoms with van der Waals surface area (Å²) in [5.41, 5.74) is 0.0599. The number of hydrogen-bond acceptors (Lipinski definition) is 3. The number of benzene rings is 1. The summed E-state index contributed by atoms with van der Waals surface area (Å²) in [7, 11) is 1.58. The molecule has 0 aliphatic rings. The Balaban J connectivity index is 2.17. The molecular formula is C15H14F3N3O.